The third-order valence-corrected chi connectivity index (χ3v) is 7.70. The molecule has 0 radical (unpaired) electrons. The summed E-state index contributed by atoms with van der Waals surface area (Å²) in [7, 11) is 0. The van der Waals surface area contributed by atoms with Crippen LogP contribution in [0, 0.1) is 0 Å². The summed E-state index contributed by atoms with van der Waals surface area (Å²) in [5.41, 5.74) is 1.80. The van der Waals surface area contributed by atoms with Gasteiger partial charge in [-0.25, -0.2) is 14.4 Å². The monoisotopic (exact) mass is 535 g/mol. The lowest BCUT2D eigenvalue weighted by Gasteiger charge is -2.45. The fraction of sp³-hybridized carbons (Fsp3) is 0.458. The number of hydrogen-bond donors (Lipinski definition) is 2. The Hall–Kier alpha value is -2.50. The molecule has 2 aliphatic rings. The van der Waals surface area contributed by atoms with Crippen molar-refractivity contribution in [1.82, 2.24) is 24.6 Å². The predicted octanol–water partition coefficient (Wildman–Crippen LogP) is 4.02. The van der Waals surface area contributed by atoms with E-state index in [-0.39, 0.29) is 18.5 Å². The van der Waals surface area contributed by atoms with E-state index in [1.165, 1.54) is 4.68 Å². The van der Waals surface area contributed by atoms with Crippen molar-refractivity contribution in [1.29, 1.82) is 0 Å². The topological polar surface area (TPSA) is 91.6 Å². The second kappa shape index (κ2) is 10.1. The van der Waals surface area contributed by atoms with E-state index in [0.717, 1.165) is 42.8 Å². The molecule has 0 aliphatic carbocycles. The number of nitrogens with zero attached hydrogens (tertiary/aromatic N) is 6. The summed E-state index contributed by atoms with van der Waals surface area (Å²) < 4.78 is 20.0. The van der Waals surface area contributed by atoms with Crippen LogP contribution in [0.1, 0.15) is 13.3 Å². The normalized spacial score (nSPS) is 22.9. The minimum absolute atomic E-state index is 0.138. The van der Waals surface area contributed by atoms with Crippen molar-refractivity contribution < 1.29 is 14.2 Å². The van der Waals surface area contributed by atoms with Gasteiger partial charge in [-0.3, -0.25) is 9.58 Å². The maximum Gasteiger partial charge on any atom is 0.227 e. The Balaban J connectivity index is 1.32. The molecule has 5 rings (SSSR count). The van der Waals surface area contributed by atoms with Crippen LogP contribution in [0.25, 0.3) is 10.9 Å². The van der Waals surface area contributed by atoms with Crippen LogP contribution in [0.3, 0.4) is 0 Å². The number of halogens is 3. The van der Waals surface area contributed by atoms with Crippen molar-refractivity contribution in [2.75, 3.05) is 49.6 Å². The van der Waals surface area contributed by atoms with E-state index in [4.69, 9.17) is 27.9 Å². The highest BCUT2D eigenvalue weighted by Gasteiger charge is 2.44. The average molecular weight is 536 g/mol. The van der Waals surface area contributed by atoms with Gasteiger partial charge in [0.15, 0.2) is 5.15 Å². The summed E-state index contributed by atoms with van der Waals surface area (Å²) in [6.45, 7) is 9.64. The number of nitrogens with one attached hydrogen (secondary N) is 1. The number of aliphatic hydroxyl groups is 1. The summed E-state index contributed by atoms with van der Waals surface area (Å²) in [4.78, 5) is 13.6. The third kappa shape index (κ3) is 4.88. The molecule has 2 fully saturated rings. The number of aryl methyl sites for hydroxylation is 1. The Morgan fingerprint density at radius 3 is 2.75 bits per heavy atom. The second-order valence-corrected chi connectivity index (χ2v) is 10.1. The molecule has 192 valence electrons. The highest BCUT2D eigenvalue weighted by Crippen LogP contribution is 2.34. The van der Waals surface area contributed by atoms with E-state index < -0.39 is 11.9 Å². The molecule has 0 spiro atoms. The largest absolute Gasteiger partial charge is 0.389 e. The van der Waals surface area contributed by atoms with E-state index in [1.54, 1.807) is 12.4 Å². The number of allylic oxidation sites excluding steroid dienone is 1. The molecule has 12 heteroatoms. The number of aromatic nitrogens is 4. The molecule has 2 aliphatic heterocycles. The quantitative estimate of drug-likeness (QED) is 0.468. The van der Waals surface area contributed by atoms with Crippen LogP contribution < -0.4 is 10.2 Å². The van der Waals surface area contributed by atoms with Gasteiger partial charge in [0.25, 0.3) is 0 Å². The SMILES string of the molecule is C=C(F)CCn1ncc(Nc2ncc3cc(Cl)c(N4CCN(C5(C)COCC5O)CC4)cc3n2)c1Cl. The lowest BCUT2D eigenvalue weighted by molar-refractivity contribution is 0.00884. The van der Waals surface area contributed by atoms with Gasteiger partial charge >= 0.3 is 0 Å². The molecule has 36 heavy (non-hydrogen) atoms. The first kappa shape index (κ1) is 25.2. The number of benzene rings is 1. The van der Waals surface area contributed by atoms with Crippen LogP contribution in [0.15, 0.2) is 36.9 Å². The number of anilines is 3. The number of ether oxygens (including phenoxy) is 1. The average Bonchev–Trinajstić information content (AvgIpc) is 3.39. The molecule has 3 aromatic rings. The van der Waals surface area contributed by atoms with Crippen LogP contribution in [-0.4, -0.2) is 80.8 Å². The third-order valence-electron chi connectivity index (χ3n) is 7.00. The molecule has 9 nitrogen and oxygen atoms in total. The van der Waals surface area contributed by atoms with Gasteiger partial charge in [0.05, 0.1) is 58.8 Å². The van der Waals surface area contributed by atoms with Crippen molar-refractivity contribution >= 4 is 51.4 Å². The lowest BCUT2D eigenvalue weighted by atomic mass is 9.95. The van der Waals surface area contributed by atoms with Gasteiger partial charge in [-0.15, -0.1) is 0 Å². The first-order chi connectivity index (χ1) is 17.2. The number of aliphatic hydroxyl groups excluding tert-OH is 1. The Bertz CT molecular complexity index is 1280. The van der Waals surface area contributed by atoms with Crippen LogP contribution >= 0.6 is 23.2 Å². The molecule has 2 saturated heterocycles. The number of hydrogen-bond acceptors (Lipinski definition) is 8. The molecule has 2 aromatic heterocycles. The van der Waals surface area contributed by atoms with Crippen molar-refractivity contribution in [3.8, 4) is 0 Å². The summed E-state index contributed by atoms with van der Waals surface area (Å²) in [5, 5.41) is 19.4. The molecular formula is C24H28Cl2FN7O2. The standard InChI is InChI=1S/C24H28Cl2FN7O2/c1-15(27)3-4-34-22(26)19(12-29-34)31-23-28-11-16-9-17(25)20(10-18(16)30-23)32-5-7-33(8-6-32)24(2)14-36-13-21(24)35/h9-12,21,35H,1,3-8,13-14H2,2H3,(H,28,30,31). The van der Waals surface area contributed by atoms with Gasteiger partial charge in [0.1, 0.15) is 0 Å². The van der Waals surface area contributed by atoms with E-state index >= 15 is 0 Å². The van der Waals surface area contributed by atoms with Crippen molar-refractivity contribution in [2.45, 2.75) is 31.5 Å². The Morgan fingerprint density at radius 2 is 2.06 bits per heavy atom. The van der Waals surface area contributed by atoms with E-state index in [2.05, 4.69) is 43.7 Å². The number of rotatable bonds is 7. The summed E-state index contributed by atoms with van der Waals surface area (Å²) in [6.07, 6.45) is 2.90. The molecule has 0 saturated carbocycles. The fourth-order valence-corrected chi connectivity index (χ4v) is 5.23. The van der Waals surface area contributed by atoms with E-state index in [9.17, 15) is 9.50 Å². The highest BCUT2D eigenvalue weighted by molar-refractivity contribution is 6.34. The fourth-order valence-electron chi connectivity index (χ4n) is 4.71. The molecule has 0 amide bonds. The van der Waals surface area contributed by atoms with Gasteiger partial charge in [0.2, 0.25) is 5.95 Å². The Kier molecular flexibility index (Phi) is 7.06. The molecule has 4 heterocycles. The van der Waals surface area contributed by atoms with Crippen LogP contribution in [0.4, 0.5) is 21.7 Å². The van der Waals surface area contributed by atoms with E-state index in [1.807, 2.05) is 12.1 Å². The summed E-state index contributed by atoms with van der Waals surface area (Å²) in [5.74, 6) is -0.0655. The number of piperazine rings is 1. The molecule has 2 N–H and O–H groups in total. The molecular weight excluding hydrogens is 508 g/mol. The smallest absolute Gasteiger partial charge is 0.227 e. The zero-order valence-corrected chi connectivity index (χ0v) is 21.4. The molecule has 2 atom stereocenters. The van der Waals surface area contributed by atoms with Crippen molar-refractivity contribution in [3.05, 3.63) is 47.1 Å². The van der Waals surface area contributed by atoms with Gasteiger partial charge < -0.3 is 20.1 Å². The van der Waals surface area contributed by atoms with Crippen LogP contribution in [0.2, 0.25) is 10.2 Å². The van der Waals surface area contributed by atoms with Gasteiger partial charge in [0, 0.05) is 50.7 Å². The van der Waals surface area contributed by atoms with Crippen molar-refractivity contribution in [2.24, 2.45) is 0 Å². The first-order valence-corrected chi connectivity index (χ1v) is 12.5. The van der Waals surface area contributed by atoms with Crippen LogP contribution in [0.5, 0.6) is 0 Å². The molecule has 2 unspecified atom stereocenters. The predicted molar refractivity (Wildman–Crippen MR) is 139 cm³/mol. The van der Waals surface area contributed by atoms with Gasteiger partial charge in [-0.2, -0.15) is 5.10 Å². The minimum Gasteiger partial charge on any atom is -0.389 e. The molecule has 0 bridgehead atoms. The molecule has 1 aromatic carbocycles. The minimum atomic E-state index is -0.486. The van der Waals surface area contributed by atoms with Crippen molar-refractivity contribution in [3.63, 3.8) is 0 Å². The highest BCUT2D eigenvalue weighted by atomic mass is 35.5. The zero-order valence-electron chi connectivity index (χ0n) is 19.9. The maximum atomic E-state index is 13.0. The van der Waals surface area contributed by atoms with Gasteiger partial charge in [-0.1, -0.05) is 29.8 Å². The lowest BCUT2D eigenvalue weighted by Crippen LogP contribution is -2.60. The zero-order chi connectivity index (χ0) is 25.4. The first-order valence-electron chi connectivity index (χ1n) is 11.8. The van der Waals surface area contributed by atoms with Gasteiger partial charge in [-0.05, 0) is 19.1 Å². The second-order valence-electron chi connectivity index (χ2n) is 9.38. The Labute approximate surface area is 218 Å². The summed E-state index contributed by atoms with van der Waals surface area (Å²) in [6, 6.07) is 3.83. The van der Waals surface area contributed by atoms with E-state index in [0.29, 0.717) is 35.0 Å². The number of fused-ring (bicyclic) bond motifs is 1. The maximum absolute atomic E-state index is 13.0. The van der Waals surface area contributed by atoms with Crippen LogP contribution in [-0.2, 0) is 11.3 Å². The Morgan fingerprint density at radius 1 is 1.28 bits per heavy atom. The summed E-state index contributed by atoms with van der Waals surface area (Å²) >= 11 is 13.0.